The topological polar surface area (TPSA) is 70.0 Å². The number of benzene rings is 2. The maximum atomic E-state index is 12.1. The van der Waals surface area contributed by atoms with Crippen LogP contribution < -0.4 is 4.72 Å². The molecule has 0 atom stereocenters. The molecule has 0 amide bonds. The summed E-state index contributed by atoms with van der Waals surface area (Å²) >= 11 is 0. The molecule has 2 aromatic rings. The number of nitrogens with zero attached hydrogens (tertiary/aromatic N) is 1. The molecule has 0 radical (unpaired) electrons. The highest BCUT2D eigenvalue weighted by atomic mass is 32.2. The Kier molecular flexibility index (Phi) is 4.61. The van der Waals surface area contributed by atoms with Crippen LogP contribution in [0.5, 0.6) is 0 Å². The maximum absolute atomic E-state index is 12.1. The summed E-state index contributed by atoms with van der Waals surface area (Å²) in [6.45, 7) is 1.80. The molecule has 0 aliphatic heterocycles. The van der Waals surface area contributed by atoms with E-state index in [4.69, 9.17) is 5.26 Å². The number of aryl methyl sites for hydroxylation is 2. The first-order valence-electron chi connectivity index (χ1n) is 6.55. The number of nitriles is 1. The normalized spacial score (nSPS) is 10.9. The third-order valence-corrected chi connectivity index (χ3v) is 4.41. The van der Waals surface area contributed by atoms with Crippen molar-refractivity contribution in [1.29, 1.82) is 5.26 Å². The van der Waals surface area contributed by atoms with Crippen molar-refractivity contribution in [3.8, 4) is 6.07 Å². The SMILES string of the molecule is Cc1ccc(C#N)cc1NS(=O)(=O)CCc1ccccc1. The zero-order chi connectivity index (χ0) is 15.3. The van der Waals surface area contributed by atoms with E-state index in [1.165, 1.54) is 0 Å². The Morgan fingerprint density at radius 1 is 1.14 bits per heavy atom. The van der Waals surface area contributed by atoms with Gasteiger partial charge in [-0.25, -0.2) is 8.42 Å². The predicted octanol–water partition coefficient (Wildman–Crippen LogP) is 2.85. The summed E-state index contributed by atoms with van der Waals surface area (Å²) in [7, 11) is -3.44. The van der Waals surface area contributed by atoms with Gasteiger partial charge in [0.25, 0.3) is 0 Å². The fourth-order valence-corrected chi connectivity index (χ4v) is 3.08. The summed E-state index contributed by atoms with van der Waals surface area (Å²) in [5.74, 6) is 0.00718. The van der Waals surface area contributed by atoms with Crippen LogP contribution in [0.1, 0.15) is 16.7 Å². The van der Waals surface area contributed by atoms with Gasteiger partial charge in [-0.1, -0.05) is 36.4 Å². The van der Waals surface area contributed by atoms with Gasteiger partial charge in [0, 0.05) is 0 Å². The summed E-state index contributed by atoms with van der Waals surface area (Å²) in [4.78, 5) is 0. The van der Waals surface area contributed by atoms with E-state index in [0.29, 0.717) is 17.7 Å². The molecule has 5 heteroatoms. The second-order valence-electron chi connectivity index (χ2n) is 4.80. The predicted molar refractivity (Wildman–Crippen MR) is 83.4 cm³/mol. The molecule has 4 nitrogen and oxygen atoms in total. The van der Waals surface area contributed by atoms with Crippen LogP contribution in [0.4, 0.5) is 5.69 Å². The number of hydrogen-bond acceptors (Lipinski definition) is 3. The van der Waals surface area contributed by atoms with Crippen LogP contribution in [0.25, 0.3) is 0 Å². The number of hydrogen-bond donors (Lipinski definition) is 1. The van der Waals surface area contributed by atoms with E-state index in [1.54, 1.807) is 25.1 Å². The Morgan fingerprint density at radius 2 is 1.86 bits per heavy atom. The number of nitrogens with one attached hydrogen (secondary N) is 1. The smallest absolute Gasteiger partial charge is 0.233 e. The van der Waals surface area contributed by atoms with Crippen LogP contribution in [-0.4, -0.2) is 14.2 Å². The monoisotopic (exact) mass is 300 g/mol. The average molecular weight is 300 g/mol. The van der Waals surface area contributed by atoms with Crippen LogP contribution in [0.3, 0.4) is 0 Å². The van der Waals surface area contributed by atoms with E-state index < -0.39 is 10.0 Å². The third kappa shape index (κ3) is 4.33. The summed E-state index contributed by atoms with van der Waals surface area (Å²) < 4.78 is 26.8. The highest BCUT2D eigenvalue weighted by Gasteiger charge is 2.12. The lowest BCUT2D eigenvalue weighted by atomic mass is 10.1. The minimum absolute atomic E-state index is 0.00718. The molecule has 0 unspecified atom stereocenters. The van der Waals surface area contributed by atoms with E-state index in [2.05, 4.69) is 4.72 Å². The molecule has 0 heterocycles. The van der Waals surface area contributed by atoms with Gasteiger partial charge in [-0.2, -0.15) is 5.26 Å². The molecule has 21 heavy (non-hydrogen) atoms. The lowest BCUT2D eigenvalue weighted by Gasteiger charge is -2.11. The number of sulfonamides is 1. The van der Waals surface area contributed by atoms with Gasteiger partial charge in [0.15, 0.2) is 0 Å². The van der Waals surface area contributed by atoms with Gasteiger partial charge >= 0.3 is 0 Å². The quantitative estimate of drug-likeness (QED) is 0.923. The Morgan fingerprint density at radius 3 is 2.52 bits per heavy atom. The number of rotatable bonds is 5. The standard InChI is InChI=1S/C16H16N2O2S/c1-13-7-8-15(12-17)11-16(13)18-21(19,20)10-9-14-5-3-2-4-6-14/h2-8,11,18H,9-10H2,1H3. The van der Waals surface area contributed by atoms with Gasteiger partial charge in [0.1, 0.15) is 0 Å². The average Bonchev–Trinajstić information content (AvgIpc) is 2.48. The summed E-state index contributed by atoms with van der Waals surface area (Å²) in [6.07, 6.45) is 0.452. The fourth-order valence-electron chi connectivity index (χ4n) is 1.92. The number of anilines is 1. The van der Waals surface area contributed by atoms with Gasteiger partial charge in [-0.3, -0.25) is 4.72 Å². The first-order chi connectivity index (χ1) is 10.00. The molecule has 0 aliphatic carbocycles. The summed E-state index contributed by atoms with van der Waals surface area (Å²) in [5, 5.41) is 8.88. The maximum Gasteiger partial charge on any atom is 0.233 e. The second-order valence-corrected chi connectivity index (χ2v) is 6.64. The van der Waals surface area contributed by atoms with Crippen LogP contribution in [0, 0.1) is 18.3 Å². The van der Waals surface area contributed by atoms with E-state index >= 15 is 0 Å². The lowest BCUT2D eigenvalue weighted by Crippen LogP contribution is -2.18. The van der Waals surface area contributed by atoms with Crippen molar-refractivity contribution in [2.75, 3.05) is 10.5 Å². The minimum Gasteiger partial charge on any atom is -0.283 e. The first kappa shape index (κ1) is 15.1. The Balaban J connectivity index is 2.09. The van der Waals surface area contributed by atoms with Crippen molar-refractivity contribution in [2.24, 2.45) is 0 Å². The lowest BCUT2D eigenvalue weighted by molar-refractivity contribution is 0.600. The van der Waals surface area contributed by atoms with Gasteiger partial charge in [-0.15, -0.1) is 0 Å². The van der Waals surface area contributed by atoms with Crippen LogP contribution in [-0.2, 0) is 16.4 Å². The Hall–Kier alpha value is -2.32. The fraction of sp³-hybridized carbons (Fsp3) is 0.188. The van der Waals surface area contributed by atoms with Crippen LogP contribution in [0.15, 0.2) is 48.5 Å². The zero-order valence-corrected chi connectivity index (χ0v) is 12.5. The van der Waals surface area contributed by atoms with E-state index in [9.17, 15) is 8.42 Å². The minimum atomic E-state index is -3.44. The van der Waals surface area contributed by atoms with Gasteiger partial charge < -0.3 is 0 Å². The third-order valence-electron chi connectivity index (χ3n) is 3.13. The molecule has 108 valence electrons. The molecule has 0 saturated heterocycles. The molecule has 0 fully saturated rings. The molecule has 2 rings (SSSR count). The zero-order valence-electron chi connectivity index (χ0n) is 11.7. The molecule has 0 aromatic heterocycles. The van der Waals surface area contributed by atoms with Crippen LogP contribution >= 0.6 is 0 Å². The Labute approximate surface area is 125 Å². The van der Waals surface area contributed by atoms with Crippen molar-refractivity contribution in [3.63, 3.8) is 0 Å². The van der Waals surface area contributed by atoms with Crippen molar-refractivity contribution in [1.82, 2.24) is 0 Å². The highest BCUT2D eigenvalue weighted by molar-refractivity contribution is 7.92. The van der Waals surface area contributed by atoms with E-state index in [0.717, 1.165) is 11.1 Å². The molecular formula is C16H16N2O2S. The molecule has 0 aliphatic rings. The molecule has 0 saturated carbocycles. The van der Waals surface area contributed by atoms with E-state index in [-0.39, 0.29) is 5.75 Å². The largest absolute Gasteiger partial charge is 0.283 e. The van der Waals surface area contributed by atoms with Crippen molar-refractivity contribution in [2.45, 2.75) is 13.3 Å². The molecule has 0 spiro atoms. The van der Waals surface area contributed by atoms with Gasteiger partial charge in [0.2, 0.25) is 10.0 Å². The van der Waals surface area contributed by atoms with Crippen molar-refractivity contribution < 1.29 is 8.42 Å². The molecule has 1 N–H and O–H groups in total. The van der Waals surface area contributed by atoms with E-state index in [1.807, 2.05) is 36.4 Å². The van der Waals surface area contributed by atoms with Crippen molar-refractivity contribution in [3.05, 3.63) is 65.2 Å². The van der Waals surface area contributed by atoms with Crippen LogP contribution in [0.2, 0.25) is 0 Å². The molecule has 0 bridgehead atoms. The first-order valence-corrected chi connectivity index (χ1v) is 8.20. The Bertz CT molecular complexity index is 763. The summed E-state index contributed by atoms with van der Waals surface area (Å²) in [5.41, 5.74) is 2.66. The second kappa shape index (κ2) is 6.42. The molecular weight excluding hydrogens is 284 g/mol. The highest BCUT2D eigenvalue weighted by Crippen LogP contribution is 2.18. The van der Waals surface area contributed by atoms with Gasteiger partial charge in [0.05, 0.1) is 23.1 Å². The molecule has 2 aromatic carbocycles. The van der Waals surface area contributed by atoms with Gasteiger partial charge in [-0.05, 0) is 36.6 Å². The van der Waals surface area contributed by atoms with Crippen molar-refractivity contribution >= 4 is 15.7 Å². The summed E-state index contributed by atoms with van der Waals surface area (Å²) in [6, 6.07) is 16.4.